The normalized spacial score (nSPS) is 29.3. The van der Waals surface area contributed by atoms with Crippen molar-refractivity contribution in [3.05, 3.63) is 35.4 Å². The monoisotopic (exact) mass is 257 g/mol. The molecule has 100 valence electrons. The average molecular weight is 257 g/mol. The maximum absolute atomic E-state index is 12.5. The van der Waals surface area contributed by atoms with Crippen LogP contribution in [0, 0.1) is 5.92 Å². The fourth-order valence-corrected chi connectivity index (χ4v) is 2.77. The summed E-state index contributed by atoms with van der Waals surface area (Å²) in [6.45, 7) is 2.08. The summed E-state index contributed by atoms with van der Waals surface area (Å²) < 4.78 is 37.5. The molecule has 0 bridgehead atoms. The van der Waals surface area contributed by atoms with Crippen molar-refractivity contribution in [1.29, 1.82) is 0 Å². The van der Waals surface area contributed by atoms with Gasteiger partial charge in [-0.3, -0.25) is 0 Å². The highest BCUT2D eigenvalue weighted by atomic mass is 19.4. The fourth-order valence-electron chi connectivity index (χ4n) is 2.77. The largest absolute Gasteiger partial charge is 0.416 e. The molecule has 0 radical (unpaired) electrons. The van der Waals surface area contributed by atoms with Crippen LogP contribution in [0.25, 0.3) is 0 Å². The lowest BCUT2D eigenvalue weighted by Gasteiger charge is -2.40. The first-order chi connectivity index (χ1) is 8.34. The highest BCUT2D eigenvalue weighted by Crippen LogP contribution is 2.40. The number of alkyl halides is 3. The molecule has 0 heterocycles. The molecule has 1 aliphatic carbocycles. The van der Waals surface area contributed by atoms with E-state index in [1.165, 1.54) is 12.1 Å². The Morgan fingerprint density at radius 3 is 2.28 bits per heavy atom. The summed E-state index contributed by atoms with van der Waals surface area (Å²) >= 11 is 0. The Morgan fingerprint density at radius 1 is 1.17 bits per heavy atom. The molecule has 0 aliphatic heterocycles. The highest BCUT2D eigenvalue weighted by Gasteiger charge is 2.37. The smallest absolute Gasteiger partial charge is 0.321 e. The molecule has 1 saturated carbocycles. The lowest BCUT2D eigenvalue weighted by Crippen LogP contribution is -2.45. The number of halogens is 3. The molecule has 1 fully saturated rings. The van der Waals surface area contributed by atoms with Gasteiger partial charge in [0.05, 0.1) is 5.56 Å². The molecule has 1 aliphatic rings. The van der Waals surface area contributed by atoms with Crippen LogP contribution in [-0.4, -0.2) is 0 Å². The van der Waals surface area contributed by atoms with Gasteiger partial charge >= 0.3 is 6.18 Å². The van der Waals surface area contributed by atoms with Crippen molar-refractivity contribution in [3.63, 3.8) is 0 Å². The van der Waals surface area contributed by atoms with Crippen molar-refractivity contribution in [1.82, 2.24) is 0 Å². The second-order valence-electron chi connectivity index (χ2n) is 5.26. The van der Waals surface area contributed by atoms with E-state index in [2.05, 4.69) is 6.92 Å². The van der Waals surface area contributed by atoms with E-state index in [1.54, 1.807) is 0 Å². The average Bonchev–Trinajstić information content (AvgIpc) is 2.32. The summed E-state index contributed by atoms with van der Waals surface area (Å²) in [5.41, 5.74) is 6.14. The Hall–Kier alpha value is -1.03. The summed E-state index contributed by atoms with van der Waals surface area (Å²) in [7, 11) is 0. The van der Waals surface area contributed by atoms with E-state index in [1.807, 2.05) is 0 Å². The Labute approximate surface area is 105 Å². The van der Waals surface area contributed by atoms with Crippen LogP contribution in [0.15, 0.2) is 24.3 Å². The minimum atomic E-state index is -4.28. The number of nitrogens with two attached hydrogens (primary N) is 1. The van der Waals surface area contributed by atoms with Gasteiger partial charge < -0.3 is 5.73 Å². The third-order valence-corrected chi connectivity index (χ3v) is 4.11. The van der Waals surface area contributed by atoms with Crippen LogP contribution < -0.4 is 5.73 Å². The Kier molecular flexibility index (Phi) is 3.41. The van der Waals surface area contributed by atoms with Crippen LogP contribution in [0.2, 0.25) is 0 Å². The maximum atomic E-state index is 12.5. The molecule has 2 atom stereocenters. The Bertz CT molecular complexity index is 410. The van der Waals surface area contributed by atoms with E-state index < -0.39 is 17.3 Å². The molecule has 1 aromatic rings. The van der Waals surface area contributed by atoms with Gasteiger partial charge in [-0.25, -0.2) is 0 Å². The zero-order chi connectivity index (χ0) is 13.4. The van der Waals surface area contributed by atoms with Gasteiger partial charge in [-0.05, 0) is 36.5 Å². The second-order valence-corrected chi connectivity index (χ2v) is 5.26. The van der Waals surface area contributed by atoms with Crippen LogP contribution in [0.1, 0.15) is 43.7 Å². The van der Waals surface area contributed by atoms with Gasteiger partial charge in [-0.2, -0.15) is 13.2 Å². The van der Waals surface area contributed by atoms with Crippen LogP contribution in [0.4, 0.5) is 13.2 Å². The summed E-state index contributed by atoms with van der Waals surface area (Å²) in [6, 6.07) is 5.33. The minimum Gasteiger partial charge on any atom is -0.321 e. The van der Waals surface area contributed by atoms with Gasteiger partial charge in [0.1, 0.15) is 0 Å². The standard InChI is InChI=1S/C14H18F3N/c1-10-4-2-3-9-13(10,18)11-5-7-12(8-6-11)14(15,16)17/h5-8,10H,2-4,9,18H2,1H3. The lowest BCUT2D eigenvalue weighted by molar-refractivity contribution is -0.137. The molecule has 2 rings (SSSR count). The quantitative estimate of drug-likeness (QED) is 0.806. The number of hydrogen-bond acceptors (Lipinski definition) is 1. The van der Waals surface area contributed by atoms with E-state index in [0.29, 0.717) is 5.92 Å². The zero-order valence-corrected chi connectivity index (χ0v) is 10.4. The van der Waals surface area contributed by atoms with Crippen molar-refractivity contribution >= 4 is 0 Å². The lowest BCUT2D eigenvalue weighted by atomic mass is 9.70. The SMILES string of the molecule is CC1CCCCC1(N)c1ccc(C(F)(F)F)cc1. The van der Waals surface area contributed by atoms with Crippen molar-refractivity contribution < 1.29 is 13.2 Å². The first-order valence-corrected chi connectivity index (χ1v) is 6.30. The summed E-state index contributed by atoms with van der Waals surface area (Å²) in [5, 5.41) is 0. The molecule has 2 N–H and O–H groups in total. The number of hydrogen-bond donors (Lipinski definition) is 1. The molecule has 0 saturated heterocycles. The molecule has 0 amide bonds. The maximum Gasteiger partial charge on any atom is 0.416 e. The molecule has 1 nitrogen and oxygen atoms in total. The number of benzene rings is 1. The fraction of sp³-hybridized carbons (Fsp3) is 0.571. The van der Waals surface area contributed by atoms with Gasteiger partial charge in [-0.1, -0.05) is 31.9 Å². The van der Waals surface area contributed by atoms with E-state index in [-0.39, 0.29) is 0 Å². The van der Waals surface area contributed by atoms with Crippen molar-refractivity contribution in [2.45, 2.75) is 44.3 Å². The summed E-state index contributed by atoms with van der Waals surface area (Å²) in [5.74, 6) is 0.308. The van der Waals surface area contributed by atoms with Gasteiger partial charge in [-0.15, -0.1) is 0 Å². The molecular weight excluding hydrogens is 239 g/mol. The van der Waals surface area contributed by atoms with Crippen molar-refractivity contribution in [2.75, 3.05) is 0 Å². The third-order valence-electron chi connectivity index (χ3n) is 4.11. The Morgan fingerprint density at radius 2 is 1.78 bits per heavy atom. The summed E-state index contributed by atoms with van der Waals surface area (Å²) in [6.07, 6.45) is -0.196. The van der Waals surface area contributed by atoms with Gasteiger partial charge in [0.15, 0.2) is 0 Å². The first-order valence-electron chi connectivity index (χ1n) is 6.30. The van der Waals surface area contributed by atoms with Gasteiger partial charge in [0, 0.05) is 5.54 Å². The van der Waals surface area contributed by atoms with E-state index in [4.69, 9.17) is 5.73 Å². The van der Waals surface area contributed by atoms with Gasteiger partial charge in [0.25, 0.3) is 0 Å². The molecule has 4 heteroatoms. The molecule has 0 spiro atoms. The topological polar surface area (TPSA) is 26.0 Å². The number of rotatable bonds is 1. The predicted molar refractivity (Wildman–Crippen MR) is 64.9 cm³/mol. The van der Waals surface area contributed by atoms with Crippen LogP contribution in [-0.2, 0) is 11.7 Å². The molecule has 18 heavy (non-hydrogen) atoms. The van der Waals surface area contributed by atoms with Gasteiger partial charge in [0.2, 0.25) is 0 Å². The third kappa shape index (κ3) is 2.39. The van der Waals surface area contributed by atoms with Crippen molar-refractivity contribution in [2.24, 2.45) is 11.7 Å². The summed E-state index contributed by atoms with van der Waals surface area (Å²) in [4.78, 5) is 0. The molecular formula is C14H18F3N. The van der Waals surface area contributed by atoms with E-state index in [0.717, 1.165) is 43.4 Å². The van der Waals surface area contributed by atoms with Crippen LogP contribution >= 0.6 is 0 Å². The predicted octanol–water partition coefficient (Wildman–Crippen LogP) is 4.07. The highest BCUT2D eigenvalue weighted by molar-refractivity contribution is 5.30. The molecule has 2 unspecified atom stereocenters. The first kappa shape index (κ1) is 13.4. The molecule has 1 aromatic carbocycles. The van der Waals surface area contributed by atoms with Crippen LogP contribution in [0.3, 0.4) is 0 Å². The Balaban J connectivity index is 2.28. The van der Waals surface area contributed by atoms with Crippen LogP contribution in [0.5, 0.6) is 0 Å². The van der Waals surface area contributed by atoms with Crippen molar-refractivity contribution in [3.8, 4) is 0 Å². The second kappa shape index (κ2) is 4.57. The zero-order valence-electron chi connectivity index (χ0n) is 10.4. The minimum absolute atomic E-state index is 0.308. The molecule has 0 aromatic heterocycles. The van der Waals surface area contributed by atoms with E-state index >= 15 is 0 Å². The van der Waals surface area contributed by atoms with E-state index in [9.17, 15) is 13.2 Å².